The van der Waals surface area contributed by atoms with E-state index < -0.39 is 0 Å². The first-order chi connectivity index (χ1) is 11.0. The highest BCUT2D eigenvalue weighted by Crippen LogP contribution is 2.28. The van der Waals surface area contributed by atoms with Crippen LogP contribution in [0.4, 0.5) is 0 Å². The number of benzene rings is 2. The van der Waals surface area contributed by atoms with Crippen molar-refractivity contribution in [1.82, 2.24) is 0 Å². The lowest BCUT2D eigenvalue weighted by Gasteiger charge is -2.10. The zero-order chi connectivity index (χ0) is 16.8. The van der Waals surface area contributed by atoms with Crippen molar-refractivity contribution in [3.05, 3.63) is 52.5 Å². The zero-order valence-electron chi connectivity index (χ0n) is 13.4. The molecule has 0 unspecified atom stereocenters. The molecule has 2 aromatic carbocycles. The summed E-state index contributed by atoms with van der Waals surface area (Å²) in [7, 11) is 3.17. The van der Waals surface area contributed by atoms with Gasteiger partial charge in [-0.2, -0.15) is 0 Å². The molecule has 0 aliphatic rings. The summed E-state index contributed by atoms with van der Waals surface area (Å²) >= 11 is 5.95. The Bertz CT molecular complexity index is 697. The van der Waals surface area contributed by atoms with Gasteiger partial charge in [0.2, 0.25) is 0 Å². The van der Waals surface area contributed by atoms with Crippen LogP contribution >= 0.6 is 11.6 Å². The van der Waals surface area contributed by atoms with Gasteiger partial charge in [-0.3, -0.25) is 4.79 Å². The molecule has 0 aliphatic heterocycles. The van der Waals surface area contributed by atoms with Crippen LogP contribution in [-0.4, -0.2) is 20.2 Å². The normalized spacial score (nSPS) is 10.3. The monoisotopic (exact) mass is 334 g/mol. The zero-order valence-corrected chi connectivity index (χ0v) is 14.1. The number of rotatable bonds is 6. The van der Waals surface area contributed by atoms with E-state index in [-0.39, 0.29) is 12.4 Å². The number of aryl methyl sites for hydroxylation is 2. The molecular weight excluding hydrogens is 316 g/mol. The predicted octanol–water partition coefficient (Wildman–Crippen LogP) is 4.20. The van der Waals surface area contributed by atoms with E-state index in [0.717, 1.165) is 11.1 Å². The van der Waals surface area contributed by atoms with E-state index in [0.29, 0.717) is 28.7 Å². The van der Waals surface area contributed by atoms with E-state index in [1.54, 1.807) is 32.4 Å². The van der Waals surface area contributed by atoms with Crippen LogP contribution in [0, 0.1) is 6.92 Å². The quantitative estimate of drug-likeness (QED) is 0.586. The molecular formula is C18H19ClO4. The maximum absolute atomic E-state index is 11.9. The fourth-order valence-corrected chi connectivity index (χ4v) is 2.26. The standard InChI is InChI=1S/C18H19ClO4/c1-12-10-14(6-7-15(12)19)23-18(20)9-5-13-4-8-16(21-2)17(11-13)22-3/h4,6-8,10-11H,5,9H2,1-3H3. The van der Waals surface area contributed by atoms with Gasteiger partial charge in [-0.15, -0.1) is 0 Å². The second-order valence-corrected chi connectivity index (χ2v) is 5.48. The first kappa shape index (κ1) is 17.2. The van der Waals surface area contributed by atoms with Gasteiger partial charge in [-0.1, -0.05) is 17.7 Å². The molecule has 0 amide bonds. The van der Waals surface area contributed by atoms with E-state index in [9.17, 15) is 4.79 Å². The van der Waals surface area contributed by atoms with Gasteiger partial charge in [0, 0.05) is 11.4 Å². The molecule has 4 nitrogen and oxygen atoms in total. The molecule has 5 heteroatoms. The van der Waals surface area contributed by atoms with Crippen molar-refractivity contribution in [2.45, 2.75) is 19.8 Å². The van der Waals surface area contributed by atoms with Crippen molar-refractivity contribution in [1.29, 1.82) is 0 Å². The number of ether oxygens (including phenoxy) is 3. The molecule has 122 valence electrons. The van der Waals surface area contributed by atoms with Gasteiger partial charge in [-0.25, -0.2) is 0 Å². The number of carbonyl (C=O) groups is 1. The summed E-state index contributed by atoms with van der Waals surface area (Å²) < 4.78 is 15.8. The van der Waals surface area contributed by atoms with Crippen LogP contribution in [0.15, 0.2) is 36.4 Å². The minimum Gasteiger partial charge on any atom is -0.493 e. The molecule has 2 rings (SSSR count). The molecule has 23 heavy (non-hydrogen) atoms. The Morgan fingerprint density at radius 2 is 1.78 bits per heavy atom. The molecule has 0 atom stereocenters. The van der Waals surface area contributed by atoms with Crippen molar-refractivity contribution >= 4 is 17.6 Å². The second kappa shape index (κ2) is 7.88. The summed E-state index contributed by atoms with van der Waals surface area (Å²) in [6.07, 6.45) is 0.836. The molecule has 0 fully saturated rings. The van der Waals surface area contributed by atoms with Crippen LogP contribution in [0.1, 0.15) is 17.5 Å². The first-order valence-corrected chi connectivity index (χ1v) is 7.59. The summed E-state index contributed by atoms with van der Waals surface area (Å²) in [5, 5.41) is 0.648. The third-order valence-electron chi connectivity index (χ3n) is 3.43. The van der Waals surface area contributed by atoms with Gasteiger partial charge in [0.1, 0.15) is 5.75 Å². The van der Waals surface area contributed by atoms with Gasteiger partial charge in [0.05, 0.1) is 14.2 Å². The molecule has 2 aromatic rings. The smallest absolute Gasteiger partial charge is 0.311 e. The maximum atomic E-state index is 11.9. The highest BCUT2D eigenvalue weighted by Gasteiger charge is 2.09. The van der Waals surface area contributed by atoms with Crippen LogP contribution < -0.4 is 14.2 Å². The van der Waals surface area contributed by atoms with E-state index in [1.165, 1.54) is 0 Å². The van der Waals surface area contributed by atoms with Crippen LogP contribution in [0.2, 0.25) is 5.02 Å². The Kier molecular flexibility index (Phi) is 5.88. The summed E-state index contributed by atoms with van der Waals surface area (Å²) in [5.41, 5.74) is 1.85. The number of hydrogen-bond acceptors (Lipinski definition) is 4. The molecule has 0 bridgehead atoms. The number of methoxy groups -OCH3 is 2. The number of halogens is 1. The Morgan fingerprint density at radius 1 is 1.04 bits per heavy atom. The van der Waals surface area contributed by atoms with Gasteiger partial charge in [-0.05, 0) is 54.8 Å². The lowest BCUT2D eigenvalue weighted by molar-refractivity contribution is -0.134. The third-order valence-corrected chi connectivity index (χ3v) is 3.85. The van der Waals surface area contributed by atoms with Crippen LogP contribution in [0.25, 0.3) is 0 Å². The second-order valence-electron chi connectivity index (χ2n) is 5.07. The van der Waals surface area contributed by atoms with Gasteiger partial charge in [0.25, 0.3) is 0 Å². The van der Waals surface area contributed by atoms with Crippen molar-refractivity contribution in [2.75, 3.05) is 14.2 Å². The van der Waals surface area contributed by atoms with E-state index in [2.05, 4.69) is 0 Å². The van der Waals surface area contributed by atoms with E-state index in [1.807, 2.05) is 25.1 Å². The summed E-state index contributed by atoms with van der Waals surface area (Å²) in [5.74, 6) is 1.52. The minimum atomic E-state index is -0.290. The van der Waals surface area contributed by atoms with Crippen molar-refractivity contribution in [3.8, 4) is 17.2 Å². The first-order valence-electron chi connectivity index (χ1n) is 7.21. The number of hydrogen-bond donors (Lipinski definition) is 0. The fourth-order valence-electron chi connectivity index (χ4n) is 2.15. The Balaban J connectivity index is 1.95. The SMILES string of the molecule is COc1ccc(CCC(=O)Oc2ccc(Cl)c(C)c2)cc1OC. The Labute approximate surface area is 140 Å². The van der Waals surface area contributed by atoms with Crippen molar-refractivity contribution in [2.24, 2.45) is 0 Å². The lowest BCUT2D eigenvalue weighted by Crippen LogP contribution is -2.09. The molecule has 0 saturated carbocycles. The van der Waals surface area contributed by atoms with E-state index >= 15 is 0 Å². The molecule has 0 N–H and O–H groups in total. The van der Waals surface area contributed by atoms with Crippen molar-refractivity contribution < 1.29 is 19.0 Å². The Hall–Kier alpha value is -2.20. The highest BCUT2D eigenvalue weighted by molar-refractivity contribution is 6.31. The predicted molar refractivity (Wildman–Crippen MR) is 89.7 cm³/mol. The average Bonchev–Trinajstić information content (AvgIpc) is 2.56. The molecule has 0 saturated heterocycles. The maximum Gasteiger partial charge on any atom is 0.311 e. The number of esters is 1. The number of carbonyl (C=O) groups excluding carboxylic acids is 1. The fraction of sp³-hybridized carbons (Fsp3) is 0.278. The summed E-state index contributed by atoms with van der Waals surface area (Å²) in [4.78, 5) is 11.9. The molecule has 0 spiro atoms. The van der Waals surface area contributed by atoms with Gasteiger partial charge in [0.15, 0.2) is 11.5 Å². The molecule has 0 heterocycles. The highest BCUT2D eigenvalue weighted by atomic mass is 35.5. The van der Waals surface area contributed by atoms with E-state index in [4.69, 9.17) is 25.8 Å². The largest absolute Gasteiger partial charge is 0.493 e. The summed E-state index contributed by atoms with van der Waals surface area (Å²) in [6, 6.07) is 10.7. The molecule has 0 radical (unpaired) electrons. The van der Waals surface area contributed by atoms with Gasteiger partial charge >= 0.3 is 5.97 Å². The van der Waals surface area contributed by atoms with Crippen LogP contribution in [-0.2, 0) is 11.2 Å². The topological polar surface area (TPSA) is 44.8 Å². The molecule has 0 aliphatic carbocycles. The molecule has 0 aromatic heterocycles. The van der Waals surface area contributed by atoms with Gasteiger partial charge < -0.3 is 14.2 Å². The third kappa shape index (κ3) is 4.63. The van der Waals surface area contributed by atoms with Crippen LogP contribution in [0.5, 0.6) is 17.2 Å². The Morgan fingerprint density at radius 3 is 2.43 bits per heavy atom. The lowest BCUT2D eigenvalue weighted by atomic mass is 10.1. The average molecular weight is 335 g/mol. The minimum absolute atomic E-state index is 0.275. The van der Waals surface area contributed by atoms with Crippen molar-refractivity contribution in [3.63, 3.8) is 0 Å². The van der Waals surface area contributed by atoms with Crippen LogP contribution in [0.3, 0.4) is 0 Å². The summed E-state index contributed by atoms with van der Waals surface area (Å²) in [6.45, 7) is 1.86.